The largest absolute Gasteiger partial charge is 0.507 e. The number of methoxy groups -OCH3 is 1. The summed E-state index contributed by atoms with van der Waals surface area (Å²) in [4.78, 5) is 25.3. The summed E-state index contributed by atoms with van der Waals surface area (Å²) in [5, 5.41) is 12.2. The molecule has 0 aliphatic rings. The zero-order valence-electron chi connectivity index (χ0n) is 12.0. The van der Waals surface area contributed by atoms with Crippen molar-refractivity contribution in [1.29, 1.82) is 0 Å². The lowest BCUT2D eigenvalue weighted by Crippen LogP contribution is -2.40. The zero-order valence-corrected chi connectivity index (χ0v) is 12.0. The smallest absolute Gasteiger partial charge is 0.255 e. The average Bonchev–Trinajstić information content (AvgIpc) is 2.46. The van der Waals surface area contributed by atoms with E-state index in [4.69, 9.17) is 4.74 Å². The van der Waals surface area contributed by atoms with E-state index in [2.05, 4.69) is 5.32 Å². The van der Waals surface area contributed by atoms with Gasteiger partial charge in [-0.05, 0) is 32.0 Å². The molecule has 0 atom stereocenters. The van der Waals surface area contributed by atoms with Crippen LogP contribution < -0.4 is 10.1 Å². The van der Waals surface area contributed by atoms with Crippen LogP contribution in [0.25, 0.3) is 0 Å². The van der Waals surface area contributed by atoms with Crippen molar-refractivity contribution in [2.45, 2.75) is 13.8 Å². The van der Waals surface area contributed by atoms with Crippen LogP contribution in [0.5, 0.6) is 11.5 Å². The molecule has 1 aromatic carbocycles. The maximum Gasteiger partial charge on any atom is 0.255 e. The molecular formula is C14H20N2O4. The molecule has 0 unspecified atom stereocenters. The van der Waals surface area contributed by atoms with Crippen molar-refractivity contribution in [2.75, 3.05) is 26.7 Å². The molecule has 1 rings (SSSR count). The standard InChI is InChI=1S/C14H20N2O4/c1-4-16(5-2)13(18)9-15-14(19)11-8-10(20-3)6-7-12(11)17/h6-8,17H,4-5,9H2,1-3H3,(H,15,19). The van der Waals surface area contributed by atoms with Crippen molar-refractivity contribution in [3.05, 3.63) is 23.8 Å². The highest BCUT2D eigenvalue weighted by Crippen LogP contribution is 2.22. The van der Waals surface area contributed by atoms with Crippen molar-refractivity contribution >= 4 is 11.8 Å². The number of hydrogen-bond donors (Lipinski definition) is 2. The minimum absolute atomic E-state index is 0.0803. The maximum atomic E-state index is 11.9. The number of phenolic OH excluding ortho intramolecular Hbond substituents is 1. The number of nitrogens with zero attached hydrogens (tertiary/aromatic N) is 1. The van der Waals surface area contributed by atoms with Gasteiger partial charge >= 0.3 is 0 Å². The fraction of sp³-hybridized carbons (Fsp3) is 0.429. The second-order valence-electron chi connectivity index (χ2n) is 4.13. The van der Waals surface area contributed by atoms with Gasteiger partial charge in [0.15, 0.2) is 0 Å². The SMILES string of the molecule is CCN(CC)C(=O)CNC(=O)c1cc(OC)ccc1O. The highest BCUT2D eigenvalue weighted by atomic mass is 16.5. The third kappa shape index (κ3) is 3.88. The Morgan fingerprint density at radius 3 is 2.50 bits per heavy atom. The quantitative estimate of drug-likeness (QED) is 0.814. The maximum absolute atomic E-state index is 11.9. The summed E-state index contributed by atoms with van der Waals surface area (Å²) in [6, 6.07) is 4.35. The van der Waals surface area contributed by atoms with Gasteiger partial charge in [0.25, 0.3) is 5.91 Å². The van der Waals surface area contributed by atoms with E-state index >= 15 is 0 Å². The van der Waals surface area contributed by atoms with Gasteiger partial charge in [-0.1, -0.05) is 0 Å². The van der Waals surface area contributed by atoms with E-state index in [-0.39, 0.29) is 23.8 Å². The van der Waals surface area contributed by atoms with Crippen LogP contribution in [0.1, 0.15) is 24.2 Å². The van der Waals surface area contributed by atoms with E-state index in [1.807, 2.05) is 13.8 Å². The molecule has 6 nitrogen and oxygen atoms in total. The van der Waals surface area contributed by atoms with Crippen LogP contribution >= 0.6 is 0 Å². The molecule has 20 heavy (non-hydrogen) atoms. The Labute approximate surface area is 118 Å². The van der Waals surface area contributed by atoms with Crippen LogP contribution in [-0.4, -0.2) is 48.6 Å². The summed E-state index contributed by atoms with van der Waals surface area (Å²) in [5.41, 5.74) is 0.0803. The first-order valence-corrected chi connectivity index (χ1v) is 6.46. The molecule has 0 aliphatic heterocycles. The predicted molar refractivity (Wildman–Crippen MR) is 74.9 cm³/mol. The molecule has 0 heterocycles. The Bertz CT molecular complexity index is 484. The van der Waals surface area contributed by atoms with E-state index in [1.165, 1.54) is 19.2 Å². The van der Waals surface area contributed by atoms with Crippen LogP contribution in [-0.2, 0) is 4.79 Å². The molecular weight excluding hydrogens is 260 g/mol. The molecule has 110 valence electrons. The van der Waals surface area contributed by atoms with Crippen molar-refractivity contribution in [1.82, 2.24) is 10.2 Å². The zero-order chi connectivity index (χ0) is 15.1. The third-order valence-electron chi connectivity index (χ3n) is 2.96. The van der Waals surface area contributed by atoms with Gasteiger partial charge < -0.3 is 20.1 Å². The average molecular weight is 280 g/mol. The third-order valence-corrected chi connectivity index (χ3v) is 2.96. The van der Waals surface area contributed by atoms with Gasteiger partial charge in [-0.3, -0.25) is 9.59 Å². The number of rotatable bonds is 6. The normalized spacial score (nSPS) is 9.95. The topological polar surface area (TPSA) is 78.9 Å². The summed E-state index contributed by atoms with van der Waals surface area (Å²) in [7, 11) is 1.47. The minimum atomic E-state index is -0.512. The Kier molecular flexibility index (Phi) is 5.83. The summed E-state index contributed by atoms with van der Waals surface area (Å²) >= 11 is 0. The molecule has 2 N–H and O–H groups in total. The fourth-order valence-corrected chi connectivity index (χ4v) is 1.76. The predicted octanol–water partition coefficient (Wildman–Crippen LogP) is 0.999. The first-order valence-electron chi connectivity index (χ1n) is 6.46. The van der Waals surface area contributed by atoms with Crippen LogP contribution in [0.15, 0.2) is 18.2 Å². The number of carbonyl (C=O) groups is 2. The second-order valence-corrected chi connectivity index (χ2v) is 4.13. The summed E-state index contributed by atoms with van der Waals surface area (Å²) in [6.45, 7) is 4.83. The number of nitrogens with one attached hydrogen (secondary N) is 1. The van der Waals surface area contributed by atoms with Crippen molar-refractivity contribution in [2.24, 2.45) is 0 Å². The lowest BCUT2D eigenvalue weighted by molar-refractivity contribution is -0.129. The summed E-state index contributed by atoms with van der Waals surface area (Å²) in [5.74, 6) is -0.366. The van der Waals surface area contributed by atoms with Crippen LogP contribution in [0.3, 0.4) is 0 Å². The number of ether oxygens (including phenoxy) is 1. The van der Waals surface area contributed by atoms with Crippen LogP contribution in [0, 0.1) is 0 Å². The van der Waals surface area contributed by atoms with Crippen LogP contribution in [0.2, 0.25) is 0 Å². The molecule has 0 saturated carbocycles. The van der Waals surface area contributed by atoms with Gasteiger partial charge in [0.1, 0.15) is 11.5 Å². The van der Waals surface area contributed by atoms with Gasteiger partial charge in [0.05, 0.1) is 19.2 Å². The monoisotopic (exact) mass is 280 g/mol. The number of hydrogen-bond acceptors (Lipinski definition) is 4. The minimum Gasteiger partial charge on any atom is -0.507 e. The van der Waals surface area contributed by atoms with Gasteiger partial charge in [-0.25, -0.2) is 0 Å². The Hall–Kier alpha value is -2.24. The van der Waals surface area contributed by atoms with E-state index in [0.717, 1.165) is 0 Å². The van der Waals surface area contributed by atoms with Crippen molar-refractivity contribution < 1.29 is 19.4 Å². The number of phenols is 1. The first kappa shape index (κ1) is 15.8. The number of benzene rings is 1. The van der Waals surface area contributed by atoms with Gasteiger partial charge in [0, 0.05) is 13.1 Å². The molecule has 0 bridgehead atoms. The lowest BCUT2D eigenvalue weighted by atomic mass is 10.1. The van der Waals surface area contributed by atoms with E-state index in [9.17, 15) is 14.7 Å². The van der Waals surface area contributed by atoms with Gasteiger partial charge in [0.2, 0.25) is 5.91 Å². The molecule has 0 spiro atoms. The molecule has 0 saturated heterocycles. The molecule has 2 amide bonds. The molecule has 0 aromatic heterocycles. The highest BCUT2D eigenvalue weighted by molar-refractivity contribution is 5.99. The Morgan fingerprint density at radius 1 is 1.30 bits per heavy atom. The molecule has 6 heteroatoms. The van der Waals surface area contributed by atoms with Crippen molar-refractivity contribution in [3.8, 4) is 11.5 Å². The summed E-state index contributed by atoms with van der Waals surface area (Å²) < 4.78 is 4.99. The molecule has 0 aliphatic carbocycles. The Morgan fingerprint density at radius 2 is 1.95 bits per heavy atom. The Balaban J connectivity index is 2.70. The second kappa shape index (κ2) is 7.37. The molecule has 0 fully saturated rings. The number of aromatic hydroxyl groups is 1. The molecule has 1 aromatic rings. The van der Waals surface area contributed by atoms with Crippen LogP contribution in [0.4, 0.5) is 0 Å². The van der Waals surface area contributed by atoms with E-state index in [1.54, 1.807) is 11.0 Å². The fourth-order valence-electron chi connectivity index (χ4n) is 1.76. The lowest BCUT2D eigenvalue weighted by Gasteiger charge is -2.18. The molecule has 0 radical (unpaired) electrons. The number of carbonyl (C=O) groups excluding carboxylic acids is 2. The summed E-state index contributed by atoms with van der Waals surface area (Å²) in [6.07, 6.45) is 0. The number of amides is 2. The van der Waals surface area contributed by atoms with E-state index < -0.39 is 5.91 Å². The van der Waals surface area contributed by atoms with Crippen molar-refractivity contribution in [3.63, 3.8) is 0 Å². The highest BCUT2D eigenvalue weighted by Gasteiger charge is 2.15. The van der Waals surface area contributed by atoms with E-state index in [0.29, 0.717) is 18.8 Å². The van der Waals surface area contributed by atoms with Gasteiger partial charge in [-0.2, -0.15) is 0 Å². The first-order chi connectivity index (χ1) is 9.53. The number of likely N-dealkylation sites (N-methyl/N-ethyl adjacent to an activating group) is 1. The van der Waals surface area contributed by atoms with Gasteiger partial charge in [-0.15, -0.1) is 0 Å².